The molecule has 0 saturated carbocycles. The summed E-state index contributed by atoms with van der Waals surface area (Å²) in [5, 5.41) is 27.4. The van der Waals surface area contributed by atoms with Crippen molar-refractivity contribution in [1.29, 1.82) is 0 Å². The van der Waals surface area contributed by atoms with E-state index < -0.39 is 4.92 Å². The molecule has 2 rings (SSSR count). The molecule has 1 aromatic heterocycles. The lowest BCUT2D eigenvalue weighted by Crippen LogP contribution is -2.00. The van der Waals surface area contributed by atoms with Gasteiger partial charge >= 0.3 is 5.69 Å². The normalized spacial score (nSPS) is 10.4. The lowest BCUT2D eigenvalue weighted by Gasteiger charge is -2.05. The lowest BCUT2D eigenvalue weighted by molar-refractivity contribution is -0.386. The number of ether oxygens (including phenoxy) is 1. The van der Waals surface area contributed by atoms with Gasteiger partial charge in [0.25, 0.3) is 0 Å². The monoisotopic (exact) mass is 264 g/mol. The Labute approximate surface area is 108 Å². The first kappa shape index (κ1) is 13.0. The Kier molecular flexibility index (Phi) is 3.71. The van der Waals surface area contributed by atoms with Crippen LogP contribution in [0.5, 0.6) is 5.75 Å². The molecule has 0 amide bonds. The number of aryl methyl sites for hydroxylation is 1. The van der Waals surface area contributed by atoms with E-state index in [2.05, 4.69) is 10.3 Å². The minimum Gasteiger partial charge on any atom is -0.480 e. The van der Waals surface area contributed by atoms with E-state index >= 15 is 0 Å². The fraction of sp³-hybridized carbons (Fsp3) is 0.273. The van der Waals surface area contributed by atoms with Gasteiger partial charge in [-0.3, -0.25) is 14.8 Å². The zero-order valence-electron chi connectivity index (χ0n) is 10.2. The molecule has 0 aliphatic rings. The van der Waals surface area contributed by atoms with E-state index in [1.165, 1.54) is 16.8 Å². The van der Waals surface area contributed by atoms with Gasteiger partial charge in [0.1, 0.15) is 12.3 Å². The highest BCUT2D eigenvalue weighted by molar-refractivity contribution is 5.48. The molecule has 0 fully saturated rings. The number of aliphatic hydroxyl groups is 1. The van der Waals surface area contributed by atoms with Crippen molar-refractivity contribution in [3.05, 3.63) is 45.8 Å². The summed E-state index contributed by atoms with van der Waals surface area (Å²) in [7, 11) is 1.72. The summed E-state index contributed by atoms with van der Waals surface area (Å²) >= 11 is 0. The fourth-order valence-corrected chi connectivity index (χ4v) is 1.54. The van der Waals surface area contributed by atoms with Crippen LogP contribution in [0, 0.1) is 10.1 Å². The Bertz CT molecular complexity index is 596. The molecule has 0 spiro atoms. The molecule has 8 heteroatoms. The Morgan fingerprint density at radius 1 is 1.53 bits per heavy atom. The van der Waals surface area contributed by atoms with Gasteiger partial charge in [-0.2, -0.15) is 0 Å². The Balaban J connectivity index is 2.17. The molecule has 0 atom stereocenters. The van der Waals surface area contributed by atoms with Crippen LogP contribution in [0.2, 0.25) is 0 Å². The summed E-state index contributed by atoms with van der Waals surface area (Å²) in [6.45, 7) is -0.168. The number of nitro groups is 1. The number of nitro benzene ring substituents is 1. The molecule has 0 aliphatic carbocycles. The number of aromatic nitrogens is 3. The van der Waals surface area contributed by atoms with Crippen LogP contribution in [-0.2, 0) is 20.3 Å². The molecule has 19 heavy (non-hydrogen) atoms. The molecular weight excluding hydrogens is 252 g/mol. The number of nitrogens with zero attached hydrogens (tertiary/aromatic N) is 4. The molecule has 1 heterocycles. The summed E-state index contributed by atoms with van der Waals surface area (Å²) in [5.41, 5.74) is 0.844. The minimum atomic E-state index is -0.550. The number of hydrogen-bond acceptors (Lipinski definition) is 6. The molecule has 0 saturated heterocycles. The van der Waals surface area contributed by atoms with Crippen LogP contribution < -0.4 is 4.74 Å². The van der Waals surface area contributed by atoms with Crippen molar-refractivity contribution in [2.75, 3.05) is 0 Å². The zero-order chi connectivity index (χ0) is 13.8. The number of rotatable bonds is 5. The van der Waals surface area contributed by atoms with E-state index in [1.807, 2.05) is 0 Å². The smallest absolute Gasteiger partial charge is 0.311 e. The Morgan fingerprint density at radius 2 is 2.32 bits per heavy atom. The van der Waals surface area contributed by atoms with E-state index in [0.29, 0.717) is 11.3 Å². The maximum Gasteiger partial charge on any atom is 0.311 e. The van der Waals surface area contributed by atoms with Crippen LogP contribution in [0.4, 0.5) is 5.69 Å². The third kappa shape index (κ3) is 3.05. The third-order valence-electron chi connectivity index (χ3n) is 2.43. The fourth-order valence-electron chi connectivity index (χ4n) is 1.54. The molecule has 1 aromatic carbocycles. The van der Waals surface area contributed by atoms with Crippen LogP contribution in [-0.4, -0.2) is 25.0 Å². The van der Waals surface area contributed by atoms with Crippen molar-refractivity contribution < 1.29 is 14.8 Å². The molecule has 0 radical (unpaired) electrons. The number of benzene rings is 1. The van der Waals surface area contributed by atoms with Gasteiger partial charge in [-0.25, -0.2) is 0 Å². The SMILES string of the molecule is Cn1cc(COc2ccc(CO)cc2[N+](=O)[O-])nn1. The second kappa shape index (κ2) is 5.44. The summed E-state index contributed by atoms with van der Waals surface area (Å²) < 4.78 is 6.87. The second-order valence-electron chi connectivity index (χ2n) is 3.89. The van der Waals surface area contributed by atoms with Crippen LogP contribution in [0.25, 0.3) is 0 Å². The van der Waals surface area contributed by atoms with Crippen molar-refractivity contribution in [2.45, 2.75) is 13.2 Å². The second-order valence-corrected chi connectivity index (χ2v) is 3.89. The molecule has 0 unspecified atom stereocenters. The highest BCUT2D eigenvalue weighted by Gasteiger charge is 2.16. The first-order valence-corrected chi connectivity index (χ1v) is 5.46. The van der Waals surface area contributed by atoms with E-state index in [-0.39, 0.29) is 24.7 Å². The topological polar surface area (TPSA) is 103 Å². The Morgan fingerprint density at radius 3 is 2.89 bits per heavy atom. The van der Waals surface area contributed by atoms with Gasteiger partial charge in [0, 0.05) is 13.1 Å². The van der Waals surface area contributed by atoms with Gasteiger partial charge in [0.15, 0.2) is 5.75 Å². The maximum absolute atomic E-state index is 10.9. The first-order chi connectivity index (χ1) is 9.10. The van der Waals surface area contributed by atoms with Gasteiger partial charge in [0.2, 0.25) is 0 Å². The molecule has 0 bridgehead atoms. The Hall–Kier alpha value is -2.48. The van der Waals surface area contributed by atoms with E-state index in [9.17, 15) is 10.1 Å². The van der Waals surface area contributed by atoms with E-state index in [1.54, 1.807) is 19.3 Å². The van der Waals surface area contributed by atoms with Crippen LogP contribution in [0.15, 0.2) is 24.4 Å². The molecule has 2 aromatic rings. The van der Waals surface area contributed by atoms with E-state index in [0.717, 1.165) is 0 Å². The van der Waals surface area contributed by atoms with Crippen molar-refractivity contribution in [1.82, 2.24) is 15.0 Å². The third-order valence-corrected chi connectivity index (χ3v) is 2.43. The van der Waals surface area contributed by atoms with Crippen LogP contribution in [0.1, 0.15) is 11.3 Å². The zero-order valence-corrected chi connectivity index (χ0v) is 10.2. The quantitative estimate of drug-likeness (QED) is 0.632. The van der Waals surface area contributed by atoms with Crippen LogP contribution in [0.3, 0.4) is 0 Å². The largest absolute Gasteiger partial charge is 0.480 e. The predicted molar refractivity (Wildman–Crippen MR) is 64.4 cm³/mol. The highest BCUT2D eigenvalue weighted by atomic mass is 16.6. The predicted octanol–water partition coefficient (Wildman–Crippen LogP) is 0.795. The number of aliphatic hydroxyl groups excluding tert-OH is 1. The average molecular weight is 264 g/mol. The average Bonchev–Trinajstić information content (AvgIpc) is 2.82. The van der Waals surface area contributed by atoms with Gasteiger partial charge < -0.3 is 9.84 Å². The maximum atomic E-state index is 10.9. The van der Waals surface area contributed by atoms with Crippen molar-refractivity contribution in [3.8, 4) is 5.75 Å². The van der Waals surface area contributed by atoms with Gasteiger partial charge in [-0.05, 0) is 11.6 Å². The molecular formula is C11H12N4O4. The standard InChI is InChI=1S/C11H12N4O4/c1-14-5-9(12-13-14)7-19-11-3-2-8(6-16)4-10(11)15(17)18/h2-5,16H,6-7H2,1H3. The minimum absolute atomic E-state index is 0.0904. The van der Waals surface area contributed by atoms with Crippen LogP contribution >= 0.6 is 0 Å². The van der Waals surface area contributed by atoms with Crippen molar-refractivity contribution in [3.63, 3.8) is 0 Å². The highest BCUT2D eigenvalue weighted by Crippen LogP contribution is 2.28. The molecule has 8 nitrogen and oxygen atoms in total. The summed E-state index contributed by atoms with van der Waals surface area (Å²) in [5.74, 6) is 0.132. The molecule has 0 aliphatic heterocycles. The van der Waals surface area contributed by atoms with Gasteiger partial charge in [-0.15, -0.1) is 5.10 Å². The van der Waals surface area contributed by atoms with E-state index in [4.69, 9.17) is 9.84 Å². The molecule has 1 N–H and O–H groups in total. The summed E-state index contributed by atoms with van der Waals surface area (Å²) in [6.07, 6.45) is 1.66. The molecule has 100 valence electrons. The number of hydrogen-bond donors (Lipinski definition) is 1. The lowest BCUT2D eigenvalue weighted by atomic mass is 10.2. The summed E-state index contributed by atoms with van der Waals surface area (Å²) in [6, 6.07) is 4.31. The first-order valence-electron chi connectivity index (χ1n) is 5.46. The van der Waals surface area contributed by atoms with Gasteiger partial charge in [-0.1, -0.05) is 11.3 Å². The van der Waals surface area contributed by atoms with Gasteiger partial charge in [0.05, 0.1) is 17.7 Å². The summed E-state index contributed by atoms with van der Waals surface area (Å²) in [4.78, 5) is 10.4. The van der Waals surface area contributed by atoms with Crippen molar-refractivity contribution >= 4 is 5.69 Å². The van der Waals surface area contributed by atoms with Crippen molar-refractivity contribution in [2.24, 2.45) is 7.05 Å².